The summed E-state index contributed by atoms with van der Waals surface area (Å²) >= 11 is 0. The molecule has 3 aliphatic heterocycles. The van der Waals surface area contributed by atoms with Gasteiger partial charge in [0, 0.05) is 24.4 Å². The Labute approximate surface area is 196 Å². The number of benzene rings is 2. The number of hydrogen-bond donors (Lipinski definition) is 1. The second-order valence-corrected chi connectivity index (χ2v) is 10.6. The molecule has 5 unspecified atom stereocenters. The number of fused-ring (bicyclic) bond motifs is 1. The first-order valence-electron chi connectivity index (χ1n) is 12.5. The first-order chi connectivity index (χ1) is 16.0. The molecule has 1 N–H and O–H groups in total. The normalized spacial score (nSPS) is 33.2. The second kappa shape index (κ2) is 7.57. The van der Waals surface area contributed by atoms with E-state index in [0.717, 1.165) is 62.2 Å². The van der Waals surface area contributed by atoms with Gasteiger partial charge in [-0.1, -0.05) is 42.5 Å². The molecule has 5 nitrogen and oxygen atoms in total. The SMILES string of the molecule is COc1cccc2c1N(C(C)=O)C1CCC3(CC(O)c4ccccc4)CCCN4CCC21C43. The van der Waals surface area contributed by atoms with Gasteiger partial charge >= 0.3 is 0 Å². The second-order valence-electron chi connectivity index (χ2n) is 10.6. The predicted octanol–water partition coefficient (Wildman–Crippen LogP) is 4.44. The number of hydrogen-bond acceptors (Lipinski definition) is 4. The van der Waals surface area contributed by atoms with Crippen molar-refractivity contribution in [2.24, 2.45) is 5.41 Å². The minimum atomic E-state index is -0.463. The molecule has 5 atom stereocenters. The third-order valence-electron chi connectivity index (χ3n) is 9.27. The van der Waals surface area contributed by atoms with Crippen LogP contribution in [0.25, 0.3) is 0 Å². The Bertz CT molecular complexity index is 1070. The lowest BCUT2D eigenvalue weighted by molar-refractivity contribution is -0.118. The van der Waals surface area contributed by atoms with Crippen molar-refractivity contribution in [3.05, 3.63) is 59.7 Å². The summed E-state index contributed by atoms with van der Waals surface area (Å²) in [6.07, 6.45) is 5.73. The number of aliphatic hydroxyl groups excluding tert-OH is 1. The smallest absolute Gasteiger partial charge is 0.224 e. The van der Waals surface area contributed by atoms with Crippen molar-refractivity contribution in [3.8, 4) is 5.75 Å². The van der Waals surface area contributed by atoms with Crippen LogP contribution in [0.3, 0.4) is 0 Å². The minimum absolute atomic E-state index is 0.0493. The van der Waals surface area contributed by atoms with E-state index in [2.05, 4.69) is 21.9 Å². The van der Waals surface area contributed by atoms with E-state index >= 15 is 0 Å². The lowest BCUT2D eigenvalue weighted by Crippen LogP contribution is -2.65. The van der Waals surface area contributed by atoms with Gasteiger partial charge in [-0.25, -0.2) is 0 Å². The Morgan fingerprint density at radius 2 is 1.94 bits per heavy atom. The average molecular weight is 447 g/mol. The number of anilines is 1. The lowest BCUT2D eigenvalue weighted by Gasteiger charge is -2.59. The van der Waals surface area contributed by atoms with Gasteiger partial charge in [-0.15, -0.1) is 0 Å². The van der Waals surface area contributed by atoms with E-state index in [4.69, 9.17) is 4.74 Å². The van der Waals surface area contributed by atoms with Gasteiger partial charge in [0.1, 0.15) is 5.75 Å². The fourth-order valence-electron chi connectivity index (χ4n) is 8.32. The van der Waals surface area contributed by atoms with Crippen LogP contribution in [0.15, 0.2) is 48.5 Å². The molecular weight excluding hydrogens is 412 g/mol. The van der Waals surface area contributed by atoms with Crippen molar-refractivity contribution in [1.29, 1.82) is 0 Å². The molecule has 2 saturated heterocycles. The number of methoxy groups -OCH3 is 1. The molecule has 4 aliphatic rings. The summed E-state index contributed by atoms with van der Waals surface area (Å²) in [7, 11) is 1.70. The van der Waals surface area contributed by atoms with Crippen molar-refractivity contribution in [1.82, 2.24) is 4.90 Å². The molecule has 1 amide bonds. The summed E-state index contributed by atoms with van der Waals surface area (Å²) in [6, 6.07) is 17.0. The molecule has 3 fully saturated rings. The predicted molar refractivity (Wildman–Crippen MR) is 129 cm³/mol. The molecule has 6 rings (SSSR count). The van der Waals surface area contributed by atoms with Gasteiger partial charge in [-0.2, -0.15) is 0 Å². The molecule has 1 aliphatic carbocycles. The first-order valence-corrected chi connectivity index (χ1v) is 12.5. The summed E-state index contributed by atoms with van der Waals surface area (Å²) in [6.45, 7) is 3.87. The van der Waals surface area contributed by atoms with Crippen molar-refractivity contribution < 1.29 is 14.6 Å². The Morgan fingerprint density at radius 3 is 2.70 bits per heavy atom. The minimum Gasteiger partial charge on any atom is -0.495 e. The molecule has 174 valence electrons. The molecule has 33 heavy (non-hydrogen) atoms. The maximum absolute atomic E-state index is 13.0. The van der Waals surface area contributed by atoms with Crippen LogP contribution in [-0.2, 0) is 10.2 Å². The molecule has 0 radical (unpaired) electrons. The number of carbonyl (C=O) groups is 1. The molecule has 5 heteroatoms. The van der Waals surface area contributed by atoms with E-state index in [-0.39, 0.29) is 22.8 Å². The van der Waals surface area contributed by atoms with Crippen molar-refractivity contribution in [2.45, 2.75) is 69.1 Å². The largest absolute Gasteiger partial charge is 0.495 e. The first kappa shape index (κ1) is 21.2. The molecular formula is C28H34N2O3. The third-order valence-corrected chi connectivity index (χ3v) is 9.27. The maximum Gasteiger partial charge on any atom is 0.224 e. The molecule has 0 aromatic heterocycles. The summed E-state index contributed by atoms with van der Waals surface area (Å²) in [5, 5.41) is 11.4. The standard InChI is InChI=1S/C28H34N2O3/c1-19(31)30-24-12-14-27(18-22(32)20-8-4-3-5-9-20)13-7-16-29-17-15-28(24,26(27)29)21-10-6-11-23(33-2)25(21)30/h3-6,8-11,22,24,26,32H,7,12-18H2,1-2H3. The highest BCUT2D eigenvalue weighted by atomic mass is 16.5. The highest BCUT2D eigenvalue weighted by Crippen LogP contribution is 2.67. The fourth-order valence-corrected chi connectivity index (χ4v) is 8.32. The maximum atomic E-state index is 13.0. The van der Waals surface area contributed by atoms with E-state index in [1.165, 1.54) is 12.0 Å². The Hall–Kier alpha value is -2.37. The number of piperidine rings is 1. The summed E-state index contributed by atoms with van der Waals surface area (Å²) < 4.78 is 5.78. The third kappa shape index (κ3) is 2.82. The van der Waals surface area contributed by atoms with Gasteiger partial charge < -0.3 is 14.7 Å². The topological polar surface area (TPSA) is 53.0 Å². The van der Waals surface area contributed by atoms with E-state index in [1.807, 2.05) is 36.4 Å². The van der Waals surface area contributed by atoms with E-state index < -0.39 is 6.10 Å². The van der Waals surface area contributed by atoms with Crippen LogP contribution in [0.5, 0.6) is 5.75 Å². The van der Waals surface area contributed by atoms with Gasteiger partial charge in [-0.05, 0) is 74.2 Å². The van der Waals surface area contributed by atoms with Gasteiger partial charge in [0.15, 0.2) is 0 Å². The Morgan fingerprint density at radius 1 is 1.12 bits per heavy atom. The fraction of sp³-hybridized carbons (Fsp3) is 0.536. The molecule has 2 aromatic rings. The summed E-state index contributed by atoms with van der Waals surface area (Å²) in [5.74, 6) is 0.907. The van der Waals surface area contributed by atoms with Crippen LogP contribution in [0.2, 0.25) is 0 Å². The summed E-state index contributed by atoms with van der Waals surface area (Å²) in [4.78, 5) is 17.8. The zero-order valence-corrected chi connectivity index (χ0v) is 19.7. The number of rotatable bonds is 4. The van der Waals surface area contributed by atoms with E-state index in [9.17, 15) is 9.90 Å². The van der Waals surface area contributed by atoms with Crippen molar-refractivity contribution >= 4 is 11.6 Å². The van der Waals surface area contributed by atoms with E-state index in [1.54, 1.807) is 14.0 Å². The van der Waals surface area contributed by atoms with Gasteiger partial charge in [-0.3, -0.25) is 9.69 Å². The number of ether oxygens (including phenoxy) is 1. The summed E-state index contributed by atoms with van der Waals surface area (Å²) in [5.41, 5.74) is 3.24. The average Bonchev–Trinajstić information content (AvgIpc) is 3.37. The zero-order valence-electron chi connectivity index (χ0n) is 19.7. The van der Waals surface area contributed by atoms with Crippen molar-refractivity contribution in [3.63, 3.8) is 0 Å². The number of amides is 1. The van der Waals surface area contributed by atoms with Crippen LogP contribution in [-0.4, -0.2) is 48.2 Å². The van der Waals surface area contributed by atoms with Crippen LogP contribution >= 0.6 is 0 Å². The van der Waals surface area contributed by atoms with Crippen LogP contribution in [0.4, 0.5) is 5.69 Å². The van der Waals surface area contributed by atoms with Crippen LogP contribution in [0.1, 0.15) is 62.7 Å². The van der Waals surface area contributed by atoms with Gasteiger partial charge in [0.25, 0.3) is 0 Å². The number of para-hydroxylation sites is 1. The highest BCUT2D eigenvalue weighted by molar-refractivity contribution is 5.98. The van der Waals surface area contributed by atoms with Gasteiger partial charge in [0.05, 0.1) is 18.9 Å². The monoisotopic (exact) mass is 446 g/mol. The quantitative estimate of drug-likeness (QED) is 0.754. The Kier molecular flexibility index (Phi) is 4.86. The zero-order chi connectivity index (χ0) is 22.8. The lowest BCUT2D eigenvalue weighted by atomic mass is 9.51. The van der Waals surface area contributed by atoms with E-state index in [0.29, 0.717) is 6.04 Å². The number of carbonyl (C=O) groups excluding carboxylic acids is 1. The van der Waals surface area contributed by atoms with Crippen molar-refractivity contribution in [2.75, 3.05) is 25.1 Å². The highest BCUT2D eigenvalue weighted by Gasteiger charge is 2.69. The molecule has 1 saturated carbocycles. The number of aliphatic hydroxyl groups is 1. The van der Waals surface area contributed by atoms with Gasteiger partial charge in [0.2, 0.25) is 5.91 Å². The molecule has 3 heterocycles. The Balaban J connectivity index is 1.49. The molecule has 0 bridgehead atoms. The molecule has 2 aromatic carbocycles. The molecule has 1 spiro atoms. The van der Waals surface area contributed by atoms with Crippen LogP contribution in [0, 0.1) is 5.41 Å². The number of nitrogens with zero attached hydrogens (tertiary/aromatic N) is 2. The van der Waals surface area contributed by atoms with Crippen LogP contribution < -0.4 is 9.64 Å².